The second kappa shape index (κ2) is 7.88. The van der Waals surface area contributed by atoms with Crippen molar-refractivity contribution in [3.63, 3.8) is 0 Å². The highest BCUT2D eigenvalue weighted by molar-refractivity contribution is 7.12. The zero-order valence-electron chi connectivity index (χ0n) is 14.0. The van der Waals surface area contributed by atoms with E-state index in [1.807, 2.05) is 37.4 Å². The second-order valence-electron chi connectivity index (χ2n) is 6.05. The van der Waals surface area contributed by atoms with Gasteiger partial charge >= 0.3 is 0 Å². The molecule has 0 radical (unpaired) electrons. The number of carbonyl (C=O) groups is 2. The van der Waals surface area contributed by atoms with Crippen molar-refractivity contribution in [1.29, 1.82) is 0 Å². The molecule has 0 aromatic carbocycles. The molecular formula is C18H23NO2S2. The number of nitrogens with one attached hydrogen (secondary N) is 1. The van der Waals surface area contributed by atoms with Gasteiger partial charge in [-0.2, -0.15) is 0 Å². The van der Waals surface area contributed by atoms with Crippen LogP contribution in [-0.2, 0) is 4.79 Å². The van der Waals surface area contributed by atoms with Gasteiger partial charge < -0.3 is 5.32 Å². The maximum Gasteiger partial charge on any atom is 0.220 e. The summed E-state index contributed by atoms with van der Waals surface area (Å²) in [5.74, 6) is 0.310. The molecule has 5 heteroatoms. The first-order chi connectivity index (χ1) is 10.9. The number of amides is 1. The van der Waals surface area contributed by atoms with Gasteiger partial charge in [-0.25, -0.2) is 0 Å². The summed E-state index contributed by atoms with van der Waals surface area (Å²) in [5, 5.41) is 5.08. The Balaban J connectivity index is 1.91. The van der Waals surface area contributed by atoms with Crippen molar-refractivity contribution < 1.29 is 9.59 Å². The van der Waals surface area contributed by atoms with E-state index in [-0.39, 0.29) is 30.6 Å². The fourth-order valence-electron chi connectivity index (χ4n) is 2.55. The van der Waals surface area contributed by atoms with E-state index in [0.29, 0.717) is 5.92 Å². The topological polar surface area (TPSA) is 46.2 Å². The number of carbonyl (C=O) groups excluding carboxylic acids is 2. The van der Waals surface area contributed by atoms with E-state index in [1.54, 1.807) is 22.7 Å². The van der Waals surface area contributed by atoms with E-state index in [1.165, 1.54) is 0 Å². The summed E-state index contributed by atoms with van der Waals surface area (Å²) in [6, 6.07) is 5.97. The number of hydrogen-bond acceptors (Lipinski definition) is 4. The molecular weight excluding hydrogens is 326 g/mol. The Labute approximate surface area is 145 Å². The molecule has 2 rings (SSSR count). The Bertz CT molecular complexity index is 671. The quantitative estimate of drug-likeness (QED) is 0.722. The normalized spacial score (nSPS) is 12.4. The van der Waals surface area contributed by atoms with Crippen LogP contribution in [0.5, 0.6) is 0 Å². The number of aryl methyl sites for hydroxylation is 2. The predicted octanol–water partition coefficient (Wildman–Crippen LogP) is 4.90. The average molecular weight is 350 g/mol. The van der Waals surface area contributed by atoms with Crippen LogP contribution < -0.4 is 5.32 Å². The number of hydrogen-bond donors (Lipinski definition) is 1. The minimum Gasteiger partial charge on any atom is -0.348 e. The standard InChI is InChI=1S/C18H23NO2S2/c1-11(2)18(16-6-5-9-22-16)19-17(21)8-7-15(20)14-10-12(3)23-13(14)4/h5-6,9-11,18H,7-8H2,1-4H3,(H,19,21)/t18-/m0/s1. The molecule has 0 aliphatic heterocycles. The van der Waals surface area contributed by atoms with Crippen LogP contribution in [0.1, 0.15) is 57.7 Å². The first kappa shape index (κ1) is 17.9. The van der Waals surface area contributed by atoms with E-state index < -0.39 is 0 Å². The van der Waals surface area contributed by atoms with Gasteiger partial charge in [-0.05, 0) is 37.3 Å². The molecule has 3 nitrogen and oxygen atoms in total. The molecule has 0 saturated carbocycles. The fraction of sp³-hybridized carbons (Fsp3) is 0.444. The summed E-state index contributed by atoms with van der Waals surface area (Å²) >= 11 is 3.27. The van der Waals surface area contributed by atoms with Crippen molar-refractivity contribution in [2.75, 3.05) is 0 Å². The molecule has 1 atom stereocenters. The van der Waals surface area contributed by atoms with Crippen LogP contribution in [-0.4, -0.2) is 11.7 Å². The van der Waals surface area contributed by atoms with Gasteiger partial charge in [-0.15, -0.1) is 22.7 Å². The number of Topliss-reactive ketones (excluding diaryl/α,β-unsaturated/α-hetero) is 1. The van der Waals surface area contributed by atoms with Crippen molar-refractivity contribution in [1.82, 2.24) is 5.32 Å². The fourth-order valence-corrected chi connectivity index (χ4v) is 4.44. The van der Waals surface area contributed by atoms with Crippen molar-refractivity contribution in [2.45, 2.75) is 46.6 Å². The molecule has 0 unspecified atom stereocenters. The lowest BCUT2D eigenvalue weighted by atomic mass is 10.0. The largest absolute Gasteiger partial charge is 0.348 e. The molecule has 0 fully saturated rings. The van der Waals surface area contributed by atoms with Crippen molar-refractivity contribution >= 4 is 34.4 Å². The smallest absolute Gasteiger partial charge is 0.220 e. The van der Waals surface area contributed by atoms with Crippen LogP contribution in [0.2, 0.25) is 0 Å². The zero-order valence-corrected chi connectivity index (χ0v) is 15.6. The Kier molecular flexibility index (Phi) is 6.13. The van der Waals surface area contributed by atoms with Gasteiger partial charge in [-0.1, -0.05) is 19.9 Å². The highest BCUT2D eigenvalue weighted by Crippen LogP contribution is 2.26. The molecule has 0 aliphatic rings. The maximum atomic E-state index is 12.3. The van der Waals surface area contributed by atoms with Gasteiger partial charge in [-0.3, -0.25) is 9.59 Å². The van der Waals surface area contributed by atoms with Crippen LogP contribution >= 0.6 is 22.7 Å². The Morgan fingerprint density at radius 2 is 1.96 bits per heavy atom. The molecule has 2 aromatic heterocycles. The third kappa shape index (κ3) is 4.75. The van der Waals surface area contributed by atoms with E-state index >= 15 is 0 Å². The monoisotopic (exact) mass is 349 g/mol. The Morgan fingerprint density at radius 3 is 2.48 bits per heavy atom. The minimum atomic E-state index is -0.0601. The third-order valence-corrected chi connectivity index (χ3v) is 5.67. The molecule has 0 bridgehead atoms. The van der Waals surface area contributed by atoms with E-state index in [4.69, 9.17) is 0 Å². The third-order valence-electron chi connectivity index (χ3n) is 3.75. The number of thiophene rings is 2. The van der Waals surface area contributed by atoms with Crippen LogP contribution in [0.4, 0.5) is 0 Å². The highest BCUT2D eigenvalue weighted by Gasteiger charge is 2.20. The van der Waals surface area contributed by atoms with Crippen molar-refractivity contribution in [2.24, 2.45) is 5.92 Å². The first-order valence-electron chi connectivity index (χ1n) is 7.81. The lowest BCUT2D eigenvalue weighted by Crippen LogP contribution is -2.31. The summed E-state index contributed by atoms with van der Waals surface area (Å²) < 4.78 is 0. The molecule has 23 heavy (non-hydrogen) atoms. The predicted molar refractivity (Wildman–Crippen MR) is 97.4 cm³/mol. The zero-order chi connectivity index (χ0) is 17.0. The summed E-state index contributed by atoms with van der Waals surface area (Å²) in [4.78, 5) is 27.8. The van der Waals surface area contributed by atoms with E-state index in [2.05, 4.69) is 19.2 Å². The average Bonchev–Trinajstić information content (AvgIpc) is 3.11. The molecule has 2 heterocycles. The van der Waals surface area contributed by atoms with Gasteiger partial charge in [0.1, 0.15) is 0 Å². The van der Waals surface area contributed by atoms with Gasteiger partial charge in [0.2, 0.25) is 5.91 Å². The lowest BCUT2D eigenvalue weighted by Gasteiger charge is -2.21. The summed E-state index contributed by atoms with van der Waals surface area (Å²) in [6.07, 6.45) is 0.500. The van der Waals surface area contributed by atoms with Gasteiger partial charge in [0, 0.05) is 33.0 Å². The maximum absolute atomic E-state index is 12.3. The molecule has 0 spiro atoms. The van der Waals surface area contributed by atoms with E-state index in [0.717, 1.165) is 20.2 Å². The molecule has 1 amide bonds. The molecule has 1 N–H and O–H groups in total. The lowest BCUT2D eigenvalue weighted by molar-refractivity contribution is -0.122. The summed E-state index contributed by atoms with van der Waals surface area (Å²) in [5.41, 5.74) is 0.763. The molecule has 0 saturated heterocycles. The van der Waals surface area contributed by atoms with Crippen LogP contribution in [0, 0.1) is 19.8 Å². The first-order valence-corrected chi connectivity index (χ1v) is 9.51. The summed E-state index contributed by atoms with van der Waals surface area (Å²) in [6.45, 7) is 8.13. The Hall–Kier alpha value is -1.46. The highest BCUT2D eigenvalue weighted by atomic mass is 32.1. The summed E-state index contributed by atoms with van der Waals surface area (Å²) in [7, 11) is 0. The van der Waals surface area contributed by atoms with Gasteiger partial charge in [0.25, 0.3) is 0 Å². The molecule has 124 valence electrons. The van der Waals surface area contributed by atoms with E-state index in [9.17, 15) is 9.59 Å². The minimum absolute atomic E-state index is 0.0164. The van der Waals surface area contributed by atoms with Crippen molar-refractivity contribution in [3.8, 4) is 0 Å². The second-order valence-corrected chi connectivity index (χ2v) is 8.49. The van der Waals surface area contributed by atoms with Gasteiger partial charge in [0.15, 0.2) is 5.78 Å². The number of rotatable bonds is 7. The van der Waals surface area contributed by atoms with Gasteiger partial charge in [0.05, 0.1) is 6.04 Å². The van der Waals surface area contributed by atoms with Crippen molar-refractivity contribution in [3.05, 3.63) is 43.8 Å². The molecule has 2 aromatic rings. The number of ketones is 1. The Morgan fingerprint density at radius 1 is 1.22 bits per heavy atom. The van der Waals surface area contributed by atoms with Crippen LogP contribution in [0.15, 0.2) is 23.6 Å². The van der Waals surface area contributed by atoms with Crippen LogP contribution in [0.25, 0.3) is 0 Å². The SMILES string of the molecule is Cc1cc(C(=O)CCC(=O)N[C@H](c2cccs2)C(C)C)c(C)s1. The molecule has 0 aliphatic carbocycles. The van der Waals surface area contributed by atoms with Crippen LogP contribution in [0.3, 0.4) is 0 Å².